The molecule has 0 radical (unpaired) electrons. The summed E-state index contributed by atoms with van der Waals surface area (Å²) in [6.07, 6.45) is 5.66. The topological polar surface area (TPSA) is 47.9 Å². The van der Waals surface area contributed by atoms with E-state index in [9.17, 15) is 5.11 Å². The quantitative estimate of drug-likeness (QED) is 0.660. The molecular formula is C20H31N3O. The zero-order valence-corrected chi connectivity index (χ0v) is 15.1. The molecule has 1 saturated carbocycles. The molecule has 0 spiro atoms. The van der Waals surface area contributed by atoms with Gasteiger partial charge in [0.15, 0.2) is 5.96 Å². The highest BCUT2D eigenvalue weighted by molar-refractivity contribution is 5.80. The summed E-state index contributed by atoms with van der Waals surface area (Å²) in [5, 5.41) is 13.2. The van der Waals surface area contributed by atoms with E-state index in [1.807, 2.05) is 0 Å². The first-order valence-corrected chi connectivity index (χ1v) is 9.41. The summed E-state index contributed by atoms with van der Waals surface area (Å²) >= 11 is 0. The number of aliphatic hydroxyl groups is 1. The molecule has 1 aromatic rings. The first kappa shape index (κ1) is 17.3. The molecule has 1 heterocycles. The van der Waals surface area contributed by atoms with Gasteiger partial charge in [-0.25, -0.2) is 0 Å². The number of hydrogen-bond acceptors (Lipinski definition) is 2. The molecule has 4 heteroatoms. The lowest BCUT2D eigenvalue weighted by Gasteiger charge is -2.30. The number of aliphatic imine (C=N–C) groups is 1. The second-order valence-electron chi connectivity index (χ2n) is 7.42. The third-order valence-electron chi connectivity index (χ3n) is 5.52. The number of likely N-dealkylation sites (tertiary alicyclic amines) is 1. The molecule has 1 aliphatic heterocycles. The van der Waals surface area contributed by atoms with E-state index in [1.165, 1.54) is 36.8 Å². The van der Waals surface area contributed by atoms with Crippen molar-refractivity contribution < 1.29 is 5.11 Å². The van der Waals surface area contributed by atoms with Crippen molar-refractivity contribution in [2.24, 2.45) is 4.99 Å². The minimum absolute atomic E-state index is 0.186. The van der Waals surface area contributed by atoms with Gasteiger partial charge in [-0.15, -0.1) is 0 Å². The van der Waals surface area contributed by atoms with Gasteiger partial charge in [-0.2, -0.15) is 0 Å². The van der Waals surface area contributed by atoms with E-state index in [-0.39, 0.29) is 11.5 Å². The molecule has 1 atom stereocenters. The summed E-state index contributed by atoms with van der Waals surface area (Å²) < 4.78 is 0. The average molecular weight is 329 g/mol. The number of rotatable bonds is 4. The van der Waals surface area contributed by atoms with Crippen LogP contribution in [0.3, 0.4) is 0 Å². The fraction of sp³-hybridized carbons (Fsp3) is 0.650. The lowest BCUT2D eigenvalue weighted by molar-refractivity contribution is 0.187. The lowest BCUT2D eigenvalue weighted by Crippen LogP contribution is -2.41. The predicted octanol–water partition coefficient (Wildman–Crippen LogP) is 2.84. The standard InChI is InChI=1S/C20H31N3O/c1-3-21-19(23-12-9-18(24)14-23)22-15-20(10-4-5-11-20)17-8-6-7-16(2)13-17/h6-8,13,18,24H,3-5,9-12,14-15H2,1-2H3,(H,21,22)/t18-/m1/s1. The molecule has 0 aromatic heterocycles. The molecule has 0 bridgehead atoms. The number of benzene rings is 1. The molecular weight excluding hydrogens is 298 g/mol. The van der Waals surface area contributed by atoms with Gasteiger partial charge in [0.05, 0.1) is 12.6 Å². The molecule has 1 saturated heterocycles. The Balaban J connectivity index is 1.81. The highest BCUT2D eigenvalue weighted by Gasteiger charge is 2.36. The number of nitrogens with one attached hydrogen (secondary N) is 1. The summed E-state index contributed by atoms with van der Waals surface area (Å²) in [5.74, 6) is 0.966. The fourth-order valence-electron chi connectivity index (χ4n) is 4.15. The van der Waals surface area contributed by atoms with Crippen molar-refractivity contribution in [1.82, 2.24) is 10.2 Å². The van der Waals surface area contributed by atoms with E-state index >= 15 is 0 Å². The maximum atomic E-state index is 9.83. The second kappa shape index (κ2) is 7.56. The third-order valence-corrected chi connectivity index (χ3v) is 5.52. The van der Waals surface area contributed by atoms with E-state index in [1.54, 1.807) is 0 Å². The molecule has 0 unspecified atom stereocenters. The first-order valence-electron chi connectivity index (χ1n) is 9.41. The lowest BCUT2D eigenvalue weighted by atomic mass is 9.78. The van der Waals surface area contributed by atoms with Crippen LogP contribution in [0.5, 0.6) is 0 Å². The summed E-state index contributed by atoms with van der Waals surface area (Å²) in [6.45, 7) is 7.57. The van der Waals surface area contributed by atoms with Crippen molar-refractivity contribution >= 4 is 5.96 Å². The van der Waals surface area contributed by atoms with Gasteiger partial charge in [-0.1, -0.05) is 42.7 Å². The van der Waals surface area contributed by atoms with Gasteiger partial charge in [0.1, 0.15) is 0 Å². The Hall–Kier alpha value is -1.55. The molecule has 1 aromatic carbocycles. The number of aliphatic hydroxyl groups excluding tert-OH is 1. The van der Waals surface area contributed by atoms with Gasteiger partial charge in [0.2, 0.25) is 0 Å². The minimum Gasteiger partial charge on any atom is -0.391 e. The van der Waals surface area contributed by atoms with Crippen LogP contribution in [-0.4, -0.2) is 48.2 Å². The zero-order valence-electron chi connectivity index (χ0n) is 15.1. The number of guanidine groups is 1. The van der Waals surface area contributed by atoms with Crippen LogP contribution in [0, 0.1) is 6.92 Å². The molecule has 4 nitrogen and oxygen atoms in total. The van der Waals surface area contributed by atoms with E-state index in [0.717, 1.165) is 32.0 Å². The van der Waals surface area contributed by atoms with E-state index in [4.69, 9.17) is 4.99 Å². The summed E-state index contributed by atoms with van der Waals surface area (Å²) in [4.78, 5) is 7.21. The Morgan fingerprint density at radius 3 is 2.79 bits per heavy atom. The minimum atomic E-state index is -0.217. The van der Waals surface area contributed by atoms with Crippen LogP contribution in [-0.2, 0) is 5.41 Å². The summed E-state index contributed by atoms with van der Waals surface area (Å²) in [7, 11) is 0. The Morgan fingerprint density at radius 2 is 2.17 bits per heavy atom. The summed E-state index contributed by atoms with van der Waals surface area (Å²) in [5.41, 5.74) is 2.96. The van der Waals surface area contributed by atoms with Gasteiger partial charge >= 0.3 is 0 Å². The third kappa shape index (κ3) is 3.75. The van der Waals surface area contributed by atoms with Crippen LogP contribution in [0.25, 0.3) is 0 Å². The Kier molecular flexibility index (Phi) is 5.44. The van der Waals surface area contributed by atoms with Crippen LogP contribution in [0.1, 0.15) is 50.2 Å². The molecule has 2 N–H and O–H groups in total. The largest absolute Gasteiger partial charge is 0.391 e. The molecule has 0 amide bonds. The van der Waals surface area contributed by atoms with Crippen LogP contribution >= 0.6 is 0 Å². The highest BCUT2D eigenvalue weighted by Crippen LogP contribution is 2.41. The Morgan fingerprint density at radius 1 is 1.38 bits per heavy atom. The Labute approximate surface area is 146 Å². The van der Waals surface area contributed by atoms with Crippen LogP contribution < -0.4 is 5.32 Å². The smallest absolute Gasteiger partial charge is 0.194 e. The van der Waals surface area contributed by atoms with Crippen molar-refractivity contribution in [3.05, 3.63) is 35.4 Å². The van der Waals surface area contributed by atoms with Gasteiger partial charge < -0.3 is 15.3 Å². The average Bonchev–Trinajstić information content (AvgIpc) is 3.21. The molecule has 132 valence electrons. The molecule has 1 aliphatic carbocycles. The fourth-order valence-corrected chi connectivity index (χ4v) is 4.15. The Bertz CT molecular complexity index is 578. The maximum absolute atomic E-state index is 9.83. The van der Waals surface area contributed by atoms with Gasteiger partial charge in [-0.05, 0) is 38.7 Å². The monoisotopic (exact) mass is 329 g/mol. The van der Waals surface area contributed by atoms with Crippen molar-refractivity contribution in [1.29, 1.82) is 0 Å². The SMILES string of the molecule is CCNC(=NCC1(c2cccc(C)c2)CCCC1)N1CC[C@@H](O)C1. The van der Waals surface area contributed by atoms with E-state index in [2.05, 4.69) is 48.3 Å². The van der Waals surface area contributed by atoms with Crippen molar-refractivity contribution in [2.45, 2.75) is 57.5 Å². The number of β-amino-alcohol motifs (C(OH)–C–C–N with tert-alkyl or cyclic N) is 1. The highest BCUT2D eigenvalue weighted by atomic mass is 16.3. The van der Waals surface area contributed by atoms with E-state index < -0.39 is 0 Å². The molecule has 3 rings (SSSR count). The first-order chi connectivity index (χ1) is 11.6. The number of nitrogens with zero attached hydrogens (tertiary/aromatic N) is 2. The van der Waals surface area contributed by atoms with Crippen LogP contribution in [0.4, 0.5) is 0 Å². The maximum Gasteiger partial charge on any atom is 0.194 e. The zero-order chi connectivity index (χ0) is 17.0. The van der Waals surface area contributed by atoms with Crippen molar-refractivity contribution in [2.75, 3.05) is 26.2 Å². The molecule has 24 heavy (non-hydrogen) atoms. The predicted molar refractivity (Wildman–Crippen MR) is 99.5 cm³/mol. The van der Waals surface area contributed by atoms with Gasteiger partial charge in [0, 0.05) is 25.0 Å². The van der Waals surface area contributed by atoms with Crippen LogP contribution in [0.2, 0.25) is 0 Å². The normalized spacial score (nSPS) is 23.7. The number of hydrogen-bond donors (Lipinski definition) is 2. The van der Waals surface area contributed by atoms with Crippen molar-refractivity contribution in [3.8, 4) is 0 Å². The van der Waals surface area contributed by atoms with Crippen LogP contribution in [0.15, 0.2) is 29.3 Å². The van der Waals surface area contributed by atoms with Gasteiger partial charge in [0.25, 0.3) is 0 Å². The molecule has 2 fully saturated rings. The summed E-state index contributed by atoms with van der Waals surface area (Å²) in [6, 6.07) is 8.97. The molecule has 2 aliphatic rings. The second-order valence-corrected chi connectivity index (χ2v) is 7.42. The van der Waals surface area contributed by atoms with Crippen molar-refractivity contribution in [3.63, 3.8) is 0 Å². The van der Waals surface area contributed by atoms with E-state index in [0.29, 0.717) is 6.54 Å². The van der Waals surface area contributed by atoms with Gasteiger partial charge in [-0.3, -0.25) is 4.99 Å². The number of aryl methyl sites for hydroxylation is 1.